The number of nitrogens with zero attached hydrogens (tertiary/aromatic N) is 2. The minimum Gasteiger partial charge on any atom is -0.359 e. The van der Waals surface area contributed by atoms with Crippen molar-refractivity contribution in [1.82, 2.24) is 15.5 Å². The number of thiophene rings is 1. The summed E-state index contributed by atoms with van der Waals surface area (Å²) in [6, 6.07) is 17.1. The van der Waals surface area contributed by atoms with E-state index in [2.05, 4.69) is 15.5 Å². The first-order valence-corrected chi connectivity index (χ1v) is 9.38. The van der Waals surface area contributed by atoms with Gasteiger partial charge in [-0.05, 0) is 29.8 Å². The van der Waals surface area contributed by atoms with Gasteiger partial charge in [-0.2, -0.15) is 0 Å². The van der Waals surface area contributed by atoms with Crippen LogP contribution in [0.15, 0.2) is 71.5 Å². The van der Waals surface area contributed by atoms with E-state index in [0.29, 0.717) is 20.7 Å². The minimum atomic E-state index is -0.191. The lowest BCUT2D eigenvalue weighted by atomic mass is 10.0. The Kier molecular flexibility index (Phi) is 5.00. The molecule has 4 aromatic rings. The number of carbonyl (C=O) groups excluding carboxylic acids is 1. The van der Waals surface area contributed by atoms with Crippen LogP contribution in [0.4, 0.5) is 0 Å². The van der Waals surface area contributed by atoms with Crippen LogP contribution in [0.25, 0.3) is 22.4 Å². The smallest absolute Gasteiger partial charge is 0.261 e. The van der Waals surface area contributed by atoms with Gasteiger partial charge in [-0.25, -0.2) is 0 Å². The van der Waals surface area contributed by atoms with Crippen LogP contribution >= 0.6 is 22.9 Å². The molecule has 0 fully saturated rings. The topological polar surface area (TPSA) is 68.0 Å². The zero-order valence-electron chi connectivity index (χ0n) is 14.1. The van der Waals surface area contributed by atoms with Crippen LogP contribution in [0.1, 0.15) is 15.4 Å². The second kappa shape index (κ2) is 7.73. The predicted octanol–water partition coefficient (Wildman–Crippen LogP) is 5.05. The first kappa shape index (κ1) is 17.5. The second-order valence-electron chi connectivity index (χ2n) is 5.79. The highest BCUT2D eigenvalue weighted by atomic mass is 35.5. The minimum absolute atomic E-state index is 0.191. The Balaban J connectivity index is 1.47. The summed E-state index contributed by atoms with van der Waals surface area (Å²) in [5, 5.41) is 6.92. The molecule has 4 rings (SSSR count). The molecule has 3 aromatic heterocycles. The lowest BCUT2D eigenvalue weighted by molar-refractivity contribution is 0.0951. The van der Waals surface area contributed by atoms with Crippen LogP contribution in [0, 0.1) is 0 Å². The van der Waals surface area contributed by atoms with Gasteiger partial charge in [0.05, 0.1) is 15.8 Å². The summed E-state index contributed by atoms with van der Waals surface area (Å²) < 4.78 is 5.94. The van der Waals surface area contributed by atoms with Gasteiger partial charge in [-0.15, -0.1) is 11.3 Å². The van der Waals surface area contributed by atoms with Gasteiger partial charge in [0.15, 0.2) is 5.76 Å². The molecule has 0 unspecified atom stereocenters. The number of halogens is 1. The molecular formula is C20H14ClN3O2S. The van der Waals surface area contributed by atoms with E-state index in [9.17, 15) is 4.79 Å². The third-order valence-corrected chi connectivity index (χ3v) is 5.16. The molecule has 0 aliphatic carbocycles. The number of nitrogens with one attached hydrogen (secondary N) is 1. The van der Waals surface area contributed by atoms with E-state index in [1.165, 1.54) is 11.3 Å². The SMILES string of the molecule is O=C(NCc1cc(-c2cccc(-c3cccnc3)c2)no1)c1ccc(Cl)s1. The molecule has 1 aromatic carbocycles. The third-order valence-electron chi connectivity index (χ3n) is 3.93. The van der Waals surface area contributed by atoms with Crippen molar-refractivity contribution in [2.24, 2.45) is 0 Å². The van der Waals surface area contributed by atoms with Gasteiger partial charge in [0.2, 0.25) is 0 Å². The summed E-state index contributed by atoms with van der Waals surface area (Å²) in [6.07, 6.45) is 3.56. The maximum atomic E-state index is 12.1. The molecule has 0 aliphatic rings. The zero-order chi connectivity index (χ0) is 18.6. The van der Waals surface area contributed by atoms with Gasteiger partial charge in [0.25, 0.3) is 5.91 Å². The molecule has 0 spiro atoms. The van der Waals surface area contributed by atoms with Gasteiger partial charge >= 0.3 is 0 Å². The fourth-order valence-corrected chi connectivity index (χ4v) is 3.57. The third kappa shape index (κ3) is 4.07. The quantitative estimate of drug-likeness (QED) is 0.513. The fraction of sp³-hybridized carbons (Fsp3) is 0.0500. The van der Waals surface area contributed by atoms with Crippen molar-refractivity contribution < 1.29 is 9.32 Å². The van der Waals surface area contributed by atoms with Crippen molar-refractivity contribution in [1.29, 1.82) is 0 Å². The molecule has 5 nitrogen and oxygen atoms in total. The Morgan fingerprint density at radius 3 is 2.70 bits per heavy atom. The Labute approximate surface area is 164 Å². The van der Waals surface area contributed by atoms with Crippen LogP contribution in [-0.4, -0.2) is 16.0 Å². The predicted molar refractivity (Wildman–Crippen MR) is 106 cm³/mol. The van der Waals surface area contributed by atoms with Gasteiger partial charge in [0, 0.05) is 29.6 Å². The zero-order valence-corrected chi connectivity index (χ0v) is 15.6. The standard InChI is InChI=1S/C20H14ClN3O2S/c21-19-7-6-18(27-19)20(25)23-12-16-10-17(24-26-16)14-4-1-3-13(9-14)15-5-2-8-22-11-15/h1-11H,12H2,(H,23,25). The Morgan fingerprint density at radius 2 is 1.93 bits per heavy atom. The molecular weight excluding hydrogens is 382 g/mol. The Morgan fingerprint density at radius 1 is 1.07 bits per heavy atom. The van der Waals surface area contributed by atoms with Crippen molar-refractivity contribution >= 4 is 28.8 Å². The lowest BCUT2D eigenvalue weighted by Crippen LogP contribution is -2.21. The number of carbonyl (C=O) groups is 1. The number of benzene rings is 1. The Bertz CT molecular complexity index is 1080. The number of aromatic nitrogens is 2. The van der Waals surface area contributed by atoms with E-state index in [1.54, 1.807) is 18.3 Å². The summed E-state index contributed by atoms with van der Waals surface area (Å²) >= 11 is 7.09. The summed E-state index contributed by atoms with van der Waals surface area (Å²) in [6.45, 7) is 0.254. The maximum Gasteiger partial charge on any atom is 0.261 e. The van der Waals surface area contributed by atoms with Crippen molar-refractivity contribution in [3.8, 4) is 22.4 Å². The van der Waals surface area contributed by atoms with E-state index in [-0.39, 0.29) is 12.5 Å². The highest BCUT2D eigenvalue weighted by Gasteiger charge is 2.11. The monoisotopic (exact) mass is 395 g/mol. The van der Waals surface area contributed by atoms with E-state index in [1.807, 2.05) is 48.7 Å². The molecule has 0 bridgehead atoms. The molecule has 7 heteroatoms. The summed E-state index contributed by atoms with van der Waals surface area (Å²) in [4.78, 5) is 16.8. The molecule has 0 atom stereocenters. The average Bonchev–Trinajstić information content (AvgIpc) is 3.36. The largest absolute Gasteiger partial charge is 0.359 e. The van der Waals surface area contributed by atoms with E-state index in [4.69, 9.17) is 16.1 Å². The van der Waals surface area contributed by atoms with E-state index in [0.717, 1.165) is 16.7 Å². The number of rotatable bonds is 5. The van der Waals surface area contributed by atoms with Gasteiger partial charge < -0.3 is 9.84 Å². The summed E-state index contributed by atoms with van der Waals surface area (Å²) in [5.74, 6) is 0.385. The summed E-state index contributed by atoms with van der Waals surface area (Å²) in [5.41, 5.74) is 3.73. The molecule has 1 amide bonds. The van der Waals surface area contributed by atoms with Gasteiger partial charge in [0.1, 0.15) is 5.69 Å². The number of pyridine rings is 1. The number of amides is 1. The first-order chi connectivity index (χ1) is 13.2. The normalized spacial score (nSPS) is 10.7. The van der Waals surface area contributed by atoms with Crippen LogP contribution in [0.3, 0.4) is 0 Å². The number of hydrogen-bond acceptors (Lipinski definition) is 5. The maximum absolute atomic E-state index is 12.1. The molecule has 0 saturated heterocycles. The van der Waals surface area contributed by atoms with Crippen molar-refractivity contribution in [2.75, 3.05) is 0 Å². The average molecular weight is 396 g/mol. The lowest BCUT2D eigenvalue weighted by Gasteiger charge is -2.02. The number of hydrogen-bond donors (Lipinski definition) is 1. The summed E-state index contributed by atoms with van der Waals surface area (Å²) in [7, 11) is 0. The Hall–Kier alpha value is -2.96. The molecule has 3 heterocycles. The van der Waals surface area contributed by atoms with Crippen LogP contribution < -0.4 is 5.32 Å². The van der Waals surface area contributed by atoms with E-state index >= 15 is 0 Å². The molecule has 1 N–H and O–H groups in total. The van der Waals surface area contributed by atoms with Crippen LogP contribution in [0.5, 0.6) is 0 Å². The van der Waals surface area contributed by atoms with Crippen molar-refractivity contribution in [3.05, 3.63) is 82.0 Å². The van der Waals surface area contributed by atoms with Crippen molar-refractivity contribution in [3.63, 3.8) is 0 Å². The van der Waals surface area contributed by atoms with Gasteiger partial charge in [-0.3, -0.25) is 9.78 Å². The molecule has 134 valence electrons. The molecule has 0 saturated carbocycles. The highest BCUT2D eigenvalue weighted by molar-refractivity contribution is 7.17. The molecule has 27 heavy (non-hydrogen) atoms. The van der Waals surface area contributed by atoms with Crippen LogP contribution in [0.2, 0.25) is 4.34 Å². The first-order valence-electron chi connectivity index (χ1n) is 8.19. The second-order valence-corrected chi connectivity index (χ2v) is 7.50. The molecule has 0 radical (unpaired) electrons. The molecule has 0 aliphatic heterocycles. The van der Waals surface area contributed by atoms with Crippen LogP contribution in [-0.2, 0) is 6.54 Å². The van der Waals surface area contributed by atoms with Gasteiger partial charge in [-0.1, -0.05) is 41.0 Å². The highest BCUT2D eigenvalue weighted by Crippen LogP contribution is 2.26. The fourth-order valence-electron chi connectivity index (χ4n) is 2.61. The van der Waals surface area contributed by atoms with Crippen molar-refractivity contribution in [2.45, 2.75) is 6.54 Å². The van der Waals surface area contributed by atoms with E-state index < -0.39 is 0 Å².